The zero-order valence-electron chi connectivity index (χ0n) is 17.0. The third kappa shape index (κ3) is 4.40. The summed E-state index contributed by atoms with van der Waals surface area (Å²) in [5.41, 5.74) is 1.09. The first-order valence-corrected chi connectivity index (χ1v) is 9.24. The van der Waals surface area contributed by atoms with E-state index in [1.54, 1.807) is 24.7 Å². The number of rotatable bonds is 8. The molecule has 0 aliphatic carbocycles. The smallest absolute Gasteiger partial charge is 0.256 e. The van der Waals surface area contributed by atoms with Gasteiger partial charge in [-0.25, -0.2) is 4.98 Å². The highest BCUT2D eigenvalue weighted by Crippen LogP contribution is 2.28. The molecular weight excluding hydrogens is 372 g/mol. The van der Waals surface area contributed by atoms with Gasteiger partial charge >= 0.3 is 0 Å². The summed E-state index contributed by atoms with van der Waals surface area (Å²) in [6, 6.07) is 9.30. The fourth-order valence-corrected chi connectivity index (χ4v) is 2.72. The number of benzene rings is 1. The lowest BCUT2D eigenvalue weighted by Crippen LogP contribution is -2.36. The van der Waals surface area contributed by atoms with Crippen molar-refractivity contribution in [2.75, 3.05) is 37.9 Å². The number of para-hydroxylation sites is 2. The van der Waals surface area contributed by atoms with Crippen molar-refractivity contribution >= 4 is 28.9 Å². The van der Waals surface area contributed by atoms with E-state index in [1.165, 1.54) is 6.20 Å². The molecule has 154 valence electrons. The number of aliphatic hydroxyl groups excluding tert-OH is 1. The largest absolute Gasteiger partial charge is 0.495 e. The average Bonchev–Trinajstić information content (AvgIpc) is 3.16. The van der Waals surface area contributed by atoms with Crippen molar-refractivity contribution in [2.45, 2.75) is 13.8 Å². The maximum Gasteiger partial charge on any atom is 0.256 e. The van der Waals surface area contributed by atoms with Crippen molar-refractivity contribution in [3.63, 3.8) is 0 Å². The molecule has 9 nitrogen and oxygen atoms in total. The van der Waals surface area contributed by atoms with Crippen LogP contribution in [0.1, 0.15) is 24.2 Å². The van der Waals surface area contributed by atoms with Crippen LogP contribution in [-0.4, -0.2) is 52.9 Å². The van der Waals surface area contributed by atoms with E-state index >= 15 is 0 Å². The molecule has 0 aliphatic rings. The second-order valence-electron chi connectivity index (χ2n) is 7.40. The summed E-state index contributed by atoms with van der Waals surface area (Å²) in [6.07, 6.45) is 1.48. The van der Waals surface area contributed by atoms with Crippen LogP contribution in [0.2, 0.25) is 0 Å². The minimum atomic E-state index is -0.418. The topological polar surface area (TPSA) is 113 Å². The third-order valence-electron chi connectivity index (χ3n) is 4.50. The first kappa shape index (κ1) is 20.4. The van der Waals surface area contributed by atoms with Crippen molar-refractivity contribution in [3.8, 4) is 5.75 Å². The van der Waals surface area contributed by atoms with E-state index in [2.05, 4.69) is 26.0 Å². The van der Waals surface area contributed by atoms with E-state index in [0.717, 1.165) is 5.69 Å². The van der Waals surface area contributed by atoms with E-state index in [4.69, 9.17) is 4.74 Å². The molecule has 0 fully saturated rings. The summed E-state index contributed by atoms with van der Waals surface area (Å²) in [5.74, 6) is 1.59. The first-order chi connectivity index (χ1) is 13.9. The molecule has 2 aromatic heterocycles. The van der Waals surface area contributed by atoms with Gasteiger partial charge in [0.25, 0.3) is 5.91 Å². The number of fused-ring (bicyclic) bond motifs is 1. The summed E-state index contributed by atoms with van der Waals surface area (Å²) >= 11 is 0. The van der Waals surface area contributed by atoms with Gasteiger partial charge in [-0.1, -0.05) is 26.0 Å². The number of hydrogen-bond acceptors (Lipinski definition) is 7. The van der Waals surface area contributed by atoms with Crippen LogP contribution < -0.4 is 20.7 Å². The van der Waals surface area contributed by atoms with Crippen molar-refractivity contribution in [3.05, 3.63) is 42.1 Å². The van der Waals surface area contributed by atoms with Crippen LogP contribution in [-0.2, 0) is 0 Å². The fraction of sp³-hybridized carbons (Fsp3) is 0.350. The van der Waals surface area contributed by atoms with Gasteiger partial charge in [0, 0.05) is 31.7 Å². The Morgan fingerprint density at radius 3 is 2.76 bits per heavy atom. The summed E-state index contributed by atoms with van der Waals surface area (Å²) < 4.78 is 6.94. The van der Waals surface area contributed by atoms with Crippen LogP contribution in [0, 0.1) is 5.41 Å². The first-order valence-electron chi connectivity index (χ1n) is 9.24. The summed E-state index contributed by atoms with van der Waals surface area (Å²) in [7, 11) is 3.37. The Hall–Kier alpha value is -3.33. The maximum atomic E-state index is 12.7. The predicted octanol–water partition coefficient (Wildman–Crippen LogP) is 2.27. The number of aliphatic hydroxyl groups is 1. The van der Waals surface area contributed by atoms with Gasteiger partial charge in [-0.2, -0.15) is 9.61 Å². The number of methoxy groups -OCH3 is 1. The van der Waals surface area contributed by atoms with Crippen LogP contribution in [0.3, 0.4) is 0 Å². The Morgan fingerprint density at radius 1 is 1.31 bits per heavy atom. The van der Waals surface area contributed by atoms with Crippen LogP contribution in [0.15, 0.2) is 36.5 Å². The normalized spacial score (nSPS) is 11.3. The van der Waals surface area contributed by atoms with E-state index in [-0.39, 0.29) is 12.5 Å². The fourth-order valence-electron chi connectivity index (χ4n) is 2.72. The predicted molar refractivity (Wildman–Crippen MR) is 112 cm³/mol. The van der Waals surface area contributed by atoms with Gasteiger partial charge in [-0.3, -0.25) is 4.79 Å². The number of ether oxygens (including phenoxy) is 1. The monoisotopic (exact) mass is 398 g/mol. The molecule has 1 aromatic carbocycles. The second kappa shape index (κ2) is 8.36. The second-order valence-corrected chi connectivity index (χ2v) is 7.40. The molecule has 0 atom stereocenters. The van der Waals surface area contributed by atoms with E-state index in [0.29, 0.717) is 35.1 Å². The van der Waals surface area contributed by atoms with Crippen molar-refractivity contribution < 1.29 is 14.6 Å². The van der Waals surface area contributed by atoms with Crippen molar-refractivity contribution in [1.29, 1.82) is 0 Å². The van der Waals surface area contributed by atoms with Crippen LogP contribution in [0.5, 0.6) is 5.75 Å². The molecule has 3 aromatic rings. The van der Waals surface area contributed by atoms with Gasteiger partial charge in [0.05, 0.1) is 19.0 Å². The molecule has 0 bridgehead atoms. The van der Waals surface area contributed by atoms with Gasteiger partial charge in [-0.05, 0) is 12.1 Å². The highest BCUT2D eigenvalue weighted by molar-refractivity contribution is 6.00. The molecule has 0 unspecified atom stereocenters. The van der Waals surface area contributed by atoms with Gasteiger partial charge in [0.2, 0.25) is 0 Å². The standard InChI is InChI=1S/C20H26N6O3/c1-20(2,12-27)11-22-19(28)13-10-23-26-17(21-3)9-16(25-18(13)26)24-14-7-5-6-8-15(14)29-4/h5-10,21,27H,11-12H2,1-4H3,(H,22,28)(H,24,25). The van der Waals surface area contributed by atoms with Gasteiger partial charge in [0.1, 0.15) is 22.9 Å². The number of aromatic nitrogens is 3. The molecule has 0 saturated heterocycles. The lowest BCUT2D eigenvalue weighted by atomic mass is 9.95. The quantitative estimate of drug-likeness (QED) is 0.460. The number of hydrogen-bond donors (Lipinski definition) is 4. The molecule has 3 rings (SSSR count). The van der Waals surface area contributed by atoms with Crippen LogP contribution >= 0.6 is 0 Å². The molecular formula is C20H26N6O3. The number of amides is 1. The number of anilines is 3. The van der Waals surface area contributed by atoms with E-state index in [1.807, 2.05) is 38.1 Å². The highest BCUT2D eigenvalue weighted by Gasteiger charge is 2.21. The number of nitrogens with zero attached hydrogens (tertiary/aromatic N) is 3. The van der Waals surface area contributed by atoms with E-state index in [9.17, 15) is 9.90 Å². The molecule has 4 N–H and O–H groups in total. The van der Waals surface area contributed by atoms with Crippen LogP contribution in [0.4, 0.5) is 17.3 Å². The summed E-state index contributed by atoms with van der Waals surface area (Å²) in [4.78, 5) is 17.3. The third-order valence-corrected chi connectivity index (χ3v) is 4.50. The molecule has 0 saturated carbocycles. The SMILES string of the molecule is CNc1cc(Nc2ccccc2OC)nc2c(C(=O)NCC(C)(C)CO)cnn12. The lowest BCUT2D eigenvalue weighted by Gasteiger charge is -2.21. The zero-order valence-corrected chi connectivity index (χ0v) is 17.0. The molecule has 0 spiro atoms. The molecule has 2 heterocycles. The Labute approximate surface area is 169 Å². The molecule has 1 amide bonds. The van der Waals surface area contributed by atoms with Gasteiger partial charge < -0.3 is 25.8 Å². The molecule has 0 radical (unpaired) electrons. The Balaban J connectivity index is 1.95. The Bertz CT molecular complexity index is 1010. The summed E-state index contributed by atoms with van der Waals surface area (Å²) in [6.45, 7) is 4.04. The number of carbonyl (C=O) groups is 1. The van der Waals surface area contributed by atoms with Crippen LogP contribution in [0.25, 0.3) is 5.65 Å². The summed E-state index contributed by atoms with van der Waals surface area (Å²) in [5, 5.41) is 22.8. The van der Waals surface area contributed by atoms with Gasteiger partial charge in [0.15, 0.2) is 5.65 Å². The van der Waals surface area contributed by atoms with Crippen molar-refractivity contribution in [1.82, 2.24) is 19.9 Å². The average molecular weight is 398 g/mol. The van der Waals surface area contributed by atoms with E-state index < -0.39 is 5.41 Å². The Morgan fingerprint density at radius 2 is 2.07 bits per heavy atom. The van der Waals surface area contributed by atoms with Crippen molar-refractivity contribution in [2.24, 2.45) is 5.41 Å². The Kier molecular flexibility index (Phi) is 5.88. The minimum Gasteiger partial charge on any atom is -0.495 e. The number of carbonyl (C=O) groups excluding carboxylic acids is 1. The molecule has 29 heavy (non-hydrogen) atoms. The minimum absolute atomic E-state index is 0.0306. The maximum absolute atomic E-state index is 12.7. The van der Waals surface area contributed by atoms with Gasteiger partial charge in [-0.15, -0.1) is 0 Å². The highest BCUT2D eigenvalue weighted by atomic mass is 16.5. The molecule has 0 aliphatic heterocycles. The lowest BCUT2D eigenvalue weighted by molar-refractivity contribution is 0.0912. The number of nitrogens with one attached hydrogen (secondary N) is 3. The molecule has 9 heteroatoms. The zero-order chi connectivity index (χ0) is 21.0.